The van der Waals surface area contributed by atoms with Crippen molar-refractivity contribution in [2.24, 2.45) is 0 Å². The van der Waals surface area contributed by atoms with Crippen LogP contribution < -0.4 is 0 Å². The molecule has 140 valence electrons. The van der Waals surface area contributed by atoms with Gasteiger partial charge in [0.15, 0.2) is 0 Å². The quantitative estimate of drug-likeness (QED) is 0.250. The van der Waals surface area contributed by atoms with Crippen LogP contribution in [0.25, 0.3) is 0 Å². The highest BCUT2D eigenvalue weighted by Gasteiger charge is 2.32. The molecular weight excluding hydrogens is 440 g/mol. The zero-order valence-electron chi connectivity index (χ0n) is 14.0. The second-order valence-corrected chi connectivity index (χ2v) is 9.84. The molecule has 2 aliphatic carbocycles. The highest BCUT2D eigenvalue weighted by molar-refractivity contribution is 7.97. The lowest BCUT2D eigenvalue weighted by Crippen LogP contribution is -2.40. The van der Waals surface area contributed by atoms with Gasteiger partial charge in [-0.2, -0.15) is 0 Å². The van der Waals surface area contributed by atoms with E-state index in [9.17, 15) is 0 Å². The Morgan fingerprint density at radius 1 is 0.560 bits per heavy atom. The zero-order valence-corrected chi connectivity index (χ0v) is 18.6. The lowest BCUT2D eigenvalue weighted by molar-refractivity contribution is 0.185. The number of rotatable bonds is 4. The lowest BCUT2D eigenvalue weighted by atomic mass is 9.91. The molecule has 0 unspecified atom stereocenters. The third kappa shape index (κ3) is 4.70. The molecule has 1 nitrogen and oxygen atoms in total. The molecule has 0 N–H and O–H groups in total. The minimum Gasteiger partial charge on any atom is -0.240 e. The molecular formula is C18H22Cl5NS. The number of benzene rings is 1. The molecule has 0 radical (unpaired) electrons. The summed E-state index contributed by atoms with van der Waals surface area (Å²) in [6.07, 6.45) is 12.7. The number of halogens is 5. The van der Waals surface area contributed by atoms with Gasteiger partial charge in [-0.1, -0.05) is 96.5 Å². The first-order valence-electron chi connectivity index (χ1n) is 8.98. The van der Waals surface area contributed by atoms with Crippen molar-refractivity contribution in [1.29, 1.82) is 0 Å². The second-order valence-electron chi connectivity index (χ2n) is 6.93. The molecule has 0 heterocycles. The first kappa shape index (κ1) is 20.7. The Balaban J connectivity index is 1.92. The van der Waals surface area contributed by atoms with Crippen molar-refractivity contribution in [1.82, 2.24) is 4.31 Å². The topological polar surface area (TPSA) is 3.24 Å². The van der Waals surface area contributed by atoms with E-state index in [-0.39, 0.29) is 15.1 Å². The van der Waals surface area contributed by atoms with Crippen molar-refractivity contribution >= 4 is 70.0 Å². The maximum Gasteiger partial charge on any atom is 0.0809 e. The Hall–Kier alpha value is 0.980. The van der Waals surface area contributed by atoms with Gasteiger partial charge in [0.1, 0.15) is 0 Å². The summed E-state index contributed by atoms with van der Waals surface area (Å²) in [6.45, 7) is 0. The van der Waals surface area contributed by atoms with Gasteiger partial charge in [-0.3, -0.25) is 0 Å². The monoisotopic (exact) mass is 459 g/mol. The van der Waals surface area contributed by atoms with Crippen LogP contribution in [0.4, 0.5) is 0 Å². The third-order valence-corrected chi connectivity index (χ3v) is 9.13. The largest absolute Gasteiger partial charge is 0.240 e. The number of hydrogen-bond acceptors (Lipinski definition) is 2. The minimum absolute atomic E-state index is 0.226. The van der Waals surface area contributed by atoms with E-state index in [2.05, 4.69) is 4.31 Å². The first-order chi connectivity index (χ1) is 12.0. The maximum absolute atomic E-state index is 6.49. The SMILES string of the molecule is Clc1c(Cl)c(Cl)c(SN(C2CCCCC2)C2CCCCC2)c(Cl)c1Cl. The smallest absolute Gasteiger partial charge is 0.0809 e. The van der Waals surface area contributed by atoms with Gasteiger partial charge in [0.25, 0.3) is 0 Å². The molecule has 2 aliphatic rings. The highest BCUT2D eigenvalue weighted by Crippen LogP contribution is 2.50. The summed E-state index contributed by atoms with van der Waals surface area (Å²) in [6, 6.07) is 1.12. The Morgan fingerprint density at radius 3 is 1.32 bits per heavy atom. The summed E-state index contributed by atoms with van der Waals surface area (Å²) in [4.78, 5) is 0.735. The highest BCUT2D eigenvalue weighted by atomic mass is 35.5. The molecule has 25 heavy (non-hydrogen) atoms. The Kier molecular flexibility index (Phi) is 7.83. The molecule has 0 aromatic heterocycles. The van der Waals surface area contributed by atoms with Crippen LogP contribution in [0.1, 0.15) is 64.2 Å². The average Bonchev–Trinajstić information content (AvgIpc) is 2.66. The summed E-state index contributed by atoms with van der Waals surface area (Å²) in [7, 11) is 0. The van der Waals surface area contributed by atoms with Crippen LogP contribution in [0, 0.1) is 0 Å². The first-order valence-corrected chi connectivity index (χ1v) is 11.6. The number of hydrogen-bond donors (Lipinski definition) is 0. The minimum atomic E-state index is 0.226. The summed E-state index contributed by atoms with van der Waals surface area (Å²) in [5, 5.41) is 1.61. The average molecular weight is 462 g/mol. The molecule has 7 heteroatoms. The Morgan fingerprint density at radius 2 is 0.920 bits per heavy atom. The van der Waals surface area contributed by atoms with Crippen molar-refractivity contribution in [3.63, 3.8) is 0 Å². The molecule has 0 bridgehead atoms. The Labute approximate surface area is 179 Å². The van der Waals surface area contributed by atoms with E-state index >= 15 is 0 Å². The normalized spacial score (nSPS) is 20.4. The van der Waals surface area contributed by atoms with E-state index in [1.807, 2.05) is 0 Å². The summed E-state index contributed by atoms with van der Waals surface area (Å²) in [5.41, 5.74) is 0. The van der Waals surface area contributed by atoms with Crippen LogP contribution in [0.15, 0.2) is 4.90 Å². The van der Waals surface area contributed by atoms with E-state index in [1.54, 1.807) is 11.9 Å². The standard InChI is InChI=1S/C18H22Cl5NS/c19-13-14(20)16(22)18(17(23)15(13)21)25-24(11-7-3-1-4-8-11)12-9-5-2-6-10-12/h11-12H,1-10H2. The van der Waals surface area contributed by atoms with Crippen LogP contribution in [0.2, 0.25) is 25.1 Å². The summed E-state index contributed by atoms with van der Waals surface area (Å²) in [5.74, 6) is 0. The van der Waals surface area contributed by atoms with Crippen LogP contribution in [0.3, 0.4) is 0 Å². The van der Waals surface area contributed by atoms with Gasteiger partial charge < -0.3 is 0 Å². The maximum atomic E-state index is 6.49. The number of nitrogens with zero attached hydrogens (tertiary/aromatic N) is 1. The predicted octanol–water partition coefficient (Wildman–Crippen LogP) is 8.93. The third-order valence-electron chi connectivity index (χ3n) is 5.24. The van der Waals surface area contributed by atoms with E-state index in [4.69, 9.17) is 58.0 Å². The summed E-state index contributed by atoms with van der Waals surface area (Å²) < 4.78 is 2.55. The zero-order chi connectivity index (χ0) is 18.0. The summed E-state index contributed by atoms with van der Waals surface area (Å²) >= 11 is 33.3. The van der Waals surface area contributed by atoms with E-state index in [0.29, 0.717) is 22.1 Å². The second kappa shape index (κ2) is 9.45. The molecule has 0 atom stereocenters. The Bertz CT molecular complexity index is 565. The van der Waals surface area contributed by atoms with Crippen LogP contribution in [0.5, 0.6) is 0 Å². The molecule has 3 rings (SSSR count). The van der Waals surface area contributed by atoms with Gasteiger partial charge in [-0.15, -0.1) is 0 Å². The molecule has 0 spiro atoms. The van der Waals surface area contributed by atoms with Crippen molar-refractivity contribution in [2.45, 2.75) is 81.2 Å². The van der Waals surface area contributed by atoms with Crippen LogP contribution in [-0.4, -0.2) is 16.4 Å². The molecule has 2 saturated carbocycles. The fraction of sp³-hybridized carbons (Fsp3) is 0.667. The van der Waals surface area contributed by atoms with Crippen molar-refractivity contribution in [2.75, 3.05) is 0 Å². The van der Waals surface area contributed by atoms with Crippen molar-refractivity contribution in [3.05, 3.63) is 25.1 Å². The van der Waals surface area contributed by atoms with Crippen LogP contribution >= 0.6 is 70.0 Å². The van der Waals surface area contributed by atoms with E-state index in [1.165, 1.54) is 64.2 Å². The molecule has 0 aliphatic heterocycles. The molecule has 0 saturated heterocycles. The van der Waals surface area contributed by atoms with Gasteiger partial charge in [0.05, 0.1) is 30.0 Å². The van der Waals surface area contributed by atoms with Crippen molar-refractivity contribution < 1.29 is 0 Å². The van der Waals surface area contributed by atoms with Gasteiger partial charge >= 0.3 is 0 Å². The lowest BCUT2D eigenvalue weighted by Gasteiger charge is -2.40. The van der Waals surface area contributed by atoms with E-state index < -0.39 is 0 Å². The predicted molar refractivity (Wildman–Crippen MR) is 113 cm³/mol. The van der Waals surface area contributed by atoms with Gasteiger partial charge in [-0.25, -0.2) is 4.31 Å². The van der Waals surface area contributed by atoms with Crippen molar-refractivity contribution in [3.8, 4) is 0 Å². The fourth-order valence-corrected chi connectivity index (χ4v) is 6.64. The van der Waals surface area contributed by atoms with Crippen LogP contribution in [-0.2, 0) is 0 Å². The molecule has 0 amide bonds. The molecule has 2 fully saturated rings. The molecule has 1 aromatic carbocycles. The van der Waals surface area contributed by atoms with Gasteiger partial charge in [0, 0.05) is 12.1 Å². The fourth-order valence-electron chi connectivity index (χ4n) is 3.89. The molecule has 1 aromatic rings. The van der Waals surface area contributed by atoms with E-state index in [0.717, 1.165) is 4.90 Å². The van der Waals surface area contributed by atoms with Gasteiger partial charge in [-0.05, 0) is 37.6 Å². The van der Waals surface area contributed by atoms with Gasteiger partial charge in [0.2, 0.25) is 0 Å².